The number of nitrogens with one attached hydrogen (secondary N) is 1. The van der Waals surface area contributed by atoms with E-state index in [9.17, 15) is 4.79 Å². The molecule has 0 unspecified atom stereocenters. The standard InChI is InChI=1S/C16H25NO6/c1-6-22-14(23-7-2)10-17-16(18)11-8-12(19-3)15(21-5)13(9-11)20-4/h8-9,14H,6-7,10H2,1-5H3,(H,17,18). The van der Waals surface area contributed by atoms with Crippen LogP contribution in [0, 0.1) is 0 Å². The highest BCUT2D eigenvalue weighted by molar-refractivity contribution is 5.95. The molecule has 0 aliphatic rings. The molecule has 1 aromatic carbocycles. The molecule has 0 spiro atoms. The Morgan fingerprint density at radius 2 is 1.52 bits per heavy atom. The van der Waals surface area contributed by atoms with Gasteiger partial charge < -0.3 is 29.0 Å². The maximum atomic E-state index is 12.3. The Balaban J connectivity index is 2.86. The average Bonchev–Trinajstić information content (AvgIpc) is 2.58. The second-order valence-electron chi connectivity index (χ2n) is 4.46. The third-order valence-corrected chi connectivity index (χ3v) is 3.06. The van der Waals surface area contributed by atoms with E-state index in [1.54, 1.807) is 12.1 Å². The quantitative estimate of drug-likeness (QED) is 0.661. The monoisotopic (exact) mass is 327 g/mol. The van der Waals surface area contributed by atoms with Crippen LogP contribution in [0.5, 0.6) is 17.2 Å². The molecule has 0 fully saturated rings. The Kier molecular flexibility index (Phi) is 8.21. The molecule has 1 N–H and O–H groups in total. The van der Waals surface area contributed by atoms with E-state index in [4.69, 9.17) is 23.7 Å². The summed E-state index contributed by atoms with van der Waals surface area (Å²) in [5.74, 6) is 0.994. The smallest absolute Gasteiger partial charge is 0.251 e. The minimum atomic E-state index is -0.476. The normalized spacial score (nSPS) is 10.5. The van der Waals surface area contributed by atoms with Crippen molar-refractivity contribution in [1.29, 1.82) is 0 Å². The Labute approximate surface area is 136 Å². The molecular formula is C16H25NO6. The predicted octanol–water partition coefficient (Wildman–Crippen LogP) is 1.84. The first kappa shape index (κ1) is 19.1. The molecule has 0 radical (unpaired) electrons. The van der Waals surface area contributed by atoms with Crippen LogP contribution in [0.4, 0.5) is 0 Å². The van der Waals surface area contributed by atoms with Gasteiger partial charge in [0.25, 0.3) is 5.91 Å². The van der Waals surface area contributed by atoms with Crippen LogP contribution in [0.25, 0.3) is 0 Å². The van der Waals surface area contributed by atoms with Crippen molar-refractivity contribution in [3.8, 4) is 17.2 Å². The Morgan fingerprint density at radius 3 is 1.91 bits per heavy atom. The fourth-order valence-corrected chi connectivity index (χ4v) is 2.03. The molecule has 0 bridgehead atoms. The third-order valence-electron chi connectivity index (χ3n) is 3.06. The van der Waals surface area contributed by atoms with Crippen molar-refractivity contribution >= 4 is 5.91 Å². The fraction of sp³-hybridized carbons (Fsp3) is 0.562. The lowest BCUT2D eigenvalue weighted by Crippen LogP contribution is -2.35. The second-order valence-corrected chi connectivity index (χ2v) is 4.46. The summed E-state index contributed by atoms with van der Waals surface area (Å²) in [6.07, 6.45) is -0.476. The van der Waals surface area contributed by atoms with Crippen molar-refractivity contribution in [3.05, 3.63) is 17.7 Å². The lowest BCUT2D eigenvalue weighted by Gasteiger charge is -2.18. The van der Waals surface area contributed by atoms with E-state index in [1.807, 2.05) is 13.8 Å². The lowest BCUT2D eigenvalue weighted by molar-refractivity contribution is -0.131. The second kappa shape index (κ2) is 9.91. The molecule has 0 aromatic heterocycles. The summed E-state index contributed by atoms with van der Waals surface area (Å²) in [7, 11) is 4.51. The Hall–Kier alpha value is -1.99. The van der Waals surface area contributed by atoms with E-state index >= 15 is 0 Å². The molecule has 0 aliphatic carbocycles. The van der Waals surface area contributed by atoms with Gasteiger partial charge in [-0.1, -0.05) is 0 Å². The highest BCUT2D eigenvalue weighted by Gasteiger charge is 2.18. The molecule has 0 heterocycles. The number of amides is 1. The van der Waals surface area contributed by atoms with Crippen molar-refractivity contribution in [3.63, 3.8) is 0 Å². The van der Waals surface area contributed by atoms with Crippen LogP contribution in [0.2, 0.25) is 0 Å². The summed E-state index contributed by atoms with van der Waals surface area (Å²) >= 11 is 0. The molecule has 0 atom stereocenters. The molecule has 23 heavy (non-hydrogen) atoms. The molecule has 0 saturated carbocycles. The summed E-state index contributed by atoms with van der Waals surface area (Å²) in [6, 6.07) is 3.18. The van der Waals surface area contributed by atoms with Crippen LogP contribution >= 0.6 is 0 Å². The van der Waals surface area contributed by atoms with Gasteiger partial charge in [0.2, 0.25) is 5.75 Å². The van der Waals surface area contributed by atoms with E-state index in [-0.39, 0.29) is 12.5 Å². The molecule has 1 aromatic rings. The largest absolute Gasteiger partial charge is 0.493 e. The first-order valence-corrected chi connectivity index (χ1v) is 7.42. The van der Waals surface area contributed by atoms with Crippen LogP contribution in [-0.2, 0) is 9.47 Å². The molecule has 7 heteroatoms. The molecular weight excluding hydrogens is 302 g/mol. The van der Waals surface area contributed by atoms with Gasteiger partial charge in [-0.2, -0.15) is 0 Å². The van der Waals surface area contributed by atoms with E-state index in [2.05, 4.69) is 5.32 Å². The maximum absolute atomic E-state index is 12.3. The first-order chi connectivity index (χ1) is 11.1. The van der Waals surface area contributed by atoms with Crippen molar-refractivity contribution in [2.24, 2.45) is 0 Å². The number of methoxy groups -OCH3 is 3. The summed E-state index contributed by atoms with van der Waals surface area (Å²) in [6.45, 7) is 4.99. The van der Waals surface area contributed by atoms with Gasteiger partial charge in [0.1, 0.15) is 0 Å². The fourth-order valence-electron chi connectivity index (χ4n) is 2.03. The number of ether oxygens (including phenoxy) is 5. The minimum Gasteiger partial charge on any atom is -0.493 e. The lowest BCUT2D eigenvalue weighted by atomic mass is 10.1. The Bertz CT molecular complexity index is 474. The molecule has 0 aliphatic heterocycles. The summed E-state index contributed by atoms with van der Waals surface area (Å²) in [5, 5.41) is 2.77. The highest BCUT2D eigenvalue weighted by atomic mass is 16.7. The van der Waals surface area contributed by atoms with Gasteiger partial charge in [-0.25, -0.2) is 0 Å². The van der Waals surface area contributed by atoms with Crippen LogP contribution in [0.15, 0.2) is 12.1 Å². The van der Waals surface area contributed by atoms with Crippen molar-refractivity contribution in [2.45, 2.75) is 20.1 Å². The minimum absolute atomic E-state index is 0.247. The van der Waals surface area contributed by atoms with E-state index in [0.717, 1.165) is 0 Å². The molecule has 7 nitrogen and oxygen atoms in total. The number of hydrogen-bond acceptors (Lipinski definition) is 6. The zero-order chi connectivity index (χ0) is 17.2. The van der Waals surface area contributed by atoms with E-state index in [0.29, 0.717) is 36.0 Å². The predicted molar refractivity (Wildman–Crippen MR) is 85.5 cm³/mol. The van der Waals surface area contributed by atoms with Crippen LogP contribution < -0.4 is 19.5 Å². The van der Waals surface area contributed by atoms with Gasteiger partial charge >= 0.3 is 0 Å². The zero-order valence-corrected chi connectivity index (χ0v) is 14.3. The number of benzene rings is 1. The molecule has 0 saturated heterocycles. The maximum Gasteiger partial charge on any atom is 0.251 e. The topological polar surface area (TPSA) is 75.3 Å². The van der Waals surface area contributed by atoms with E-state index in [1.165, 1.54) is 21.3 Å². The number of carbonyl (C=O) groups excluding carboxylic acids is 1. The highest BCUT2D eigenvalue weighted by Crippen LogP contribution is 2.38. The van der Waals surface area contributed by atoms with Gasteiger partial charge in [-0.3, -0.25) is 4.79 Å². The first-order valence-electron chi connectivity index (χ1n) is 7.42. The van der Waals surface area contributed by atoms with Gasteiger partial charge in [-0.05, 0) is 26.0 Å². The number of rotatable bonds is 10. The SMILES string of the molecule is CCOC(CNC(=O)c1cc(OC)c(OC)c(OC)c1)OCC. The van der Waals surface area contributed by atoms with Crippen LogP contribution in [0.3, 0.4) is 0 Å². The summed E-state index contributed by atoms with van der Waals surface area (Å²) in [5.41, 5.74) is 0.395. The Morgan fingerprint density at radius 1 is 1.00 bits per heavy atom. The summed E-state index contributed by atoms with van der Waals surface area (Å²) < 4.78 is 26.5. The van der Waals surface area contributed by atoms with Crippen LogP contribution in [0.1, 0.15) is 24.2 Å². The van der Waals surface area contributed by atoms with Gasteiger partial charge in [0, 0.05) is 18.8 Å². The van der Waals surface area contributed by atoms with E-state index < -0.39 is 6.29 Å². The van der Waals surface area contributed by atoms with Crippen molar-refractivity contribution in [1.82, 2.24) is 5.32 Å². The molecule has 1 rings (SSSR count). The molecule has 130 valence electrons. The molecule has 1 amide bonds. The zero-order valence-electron chi connectivity index (χ0n) is 14.3. The average molecular weight is 327 g/mol. The number of hydrogen-bond donors (Lipinski definition) is 1. The van der Waals surface area contributed by atoms with Gasteiger partial charge in [0.15, 0.2) is 17.8 Å². The summed E-state index contributed by atoms with van der Waals surface area (Å²) in [4.78, 5) is 12.3. The van der Waals surface area contributed by atoms with Crippen LogP contribution in [-0.4, -0.2) is 53.3 Å². The van der Waals surface area contributed by atoms with Gasteiger partial charge in [0.05, 0.1) is 27.9 Å². The van der Waals surface area contributed by atoms with Crippen molar-refractivity contribution in [2.75, 3.05) is 41.1 Å². The van der Waals surface area contributed by atoms with Crippen molar-refractivity contribution < 1.29 is 28.5 Å². The van der Waals surface area contributed by atoms with Gasteiger partial charge in [-0.15, -0.1) is 0 Å². The third kappa shape index (κ3) is 5.30. The number of carbonyl (C=O) groups is 1.